The summed E-state index contributed by atoms with van der Waals surface area (Å²) < 4.78 is 5.94. The molecule has 1 N–H and O–H groups in total. The highest BCUT2D eigenvalue weighted by Crippen LogP contribution is 2.19. The fourth-order valence-corrected chi connectivity index (χ4v) is 2.34. The van der Waals surface area contributed by atoms with Gasteiger partial charge in [-0.1, -0.05) is 23.2 Å². The van der Waals surface area contributed by atoms with Crippen molar-refractivity contribution in [1.29, 1.82) is 0 Å². The maximum Gasteiger partial charge on any atom is 0.277 e. The number of benzene rings is 1. The molecular formula is C13H10Cl2N2O2S. The number of ether oxygens (including phenoxy) is 1. The van der Waals surface area contributed by atoms with Crippen molar-refractivity contribution in [3.05, 3.63) is 50.6 Å². The molecule has 0 saturated carbocycles. The Bertz CT molecular complexity index is 611. The van der Waals surface area contributed by atoms with E-state index in [-0.39, 0.29) is 12.5 Å². The first-order chi connectivity index (χ1) is 9.63. The van der Waals surface area contributed by atoms with Gasteiger partial charge in [-0.2, -0.15) is 5.10 Å². The molecule has 0 radical (unpaired) electrons. The van der Waals surface area contributed by atoms with Gasteiger partial charge in [-0.05, 0) is 36.4 Å². The van der Waals surface area contributed by atoms with Gasteiger partial charge in [-0.3, -0.25) is 4.79 Å². The summed E-state index contributed by atoms with van der Waals surface area (Å²) in [7, 11) is 0. The van der Waals surface area contributed by atoms with Gasteiger partial charge in [-0.25, -0.2) is 5.43 Å². The average Bonchev–Trinajstić information content (AvgIpc) is 2.84. The third kappa shape index (κ3) is 4.85. The van der Waals surface area contributed by atoms with Crippen LogP contribution in [0.1, 0.15) is 4.88 Å². The molecule has 0 spiro atoms. The summed E-state index contributed by atoms with van der Waals surface area (Å²) in [5.74, 6) is 0.220. The number of nitrogens with one attached hydrogen (secondary N) is 1. The predicted octanol–water partition coefficient (Wildman–Crippen LogP) is 3.58. The van der Waals surface area contributed by atoms with E-state index in [1.165, 1.54) is 17.6 Å². The van der Waals surface area contributed by atoms with E-state index < -0.39 is 0 Å². The number of rotatable bonds is 5. The first kappa shape index (κ1) is 14.8. The first-order valence-electron chi connectivity index (χ1n) is 5.59. The Labute approximate surface area is 130 Å². The lowest BCUT2D eigenvalue weighted by Crippen LogP contribution is -2.24. The summed E-state index contributed by atoms with van der Waals surface area (Å²) >= 11 is 12.9. The van der Waals surface area contributed by atoms with Crippen LogP contribution < -0.4 is 10.2 Å². The lowest BCUT2D eigenvalue weighted by Gasteiger charge is -2.04. The quantitative estimate of drug-likeness (QED) is 0.673. The van der Waals surface area contributed by atoms with Crippen molar-refractivity contribution in [2.75, 3.05) is 6.61 Å². The van der Waals surface area contributed by atoms with Crippen molar-refractivity contribution >= 4 is 46.7 Å². The Morgan fingerprint density at radius 1 is 1.25 bits per heavy atom. The lowest BCUT2D eigenvalue weighted by atomic mass is 10.3. The van der Waals surface area contributed by atoms with Crippen LogP contribution in [0.5, 0.6) is 5.75 Å². The second-order valence-electron chi connectivity index (χ2n) is 3.68. The number of carbonyl (C=O) groups is 1. The maximum absolute atomic E-state index is 11.5. The number of halogens is 2. The Kier molecular flexibility index (Phi) is 5.40. The number of hydrogen-bond acceptors (Lipinski definition) is 4. The molecule has 1 aromatic heterocycles. The molecule has 7 heteroatoms. The van der Waals surface area contributed by atoms with Crippen molar-refractivity contribution in [1.82, 2.24) is 5.43 Å². The van der Waals surface area contributed by atoms with Gasteiger partial charge in [0.05, 0.1) is 10.6 Å². The molecule has 1 amide bonds. The highest BCUT2D eigenvalue weighted by atomic mass is 35.5. The Morgan fingerprint density at radius 2 is 2.00 bits per heavy atom. The van der Waals surface area contributed by atoms with E-state index in [0.717, 1.165) is 4.88 Å². The molecule has 0 fully saturated rings. The number of thiophene rings is 1. The number of carbonyl (C=O) groups excluding carboxylic acids is 1. The molecule has 1 aromatic carbocycles. The van der Waals surface area contributed by atoms with Crippen LogP contribution >= 0.6 is 34.5 Å². The second kappa shape index (κ2) is 7.28. The molecule has 0 aliphatic rings. The van der Waals surface area contributed by atoms with Gasteiger partial charge in [0.1, 0.15) is 5.75 Å². The summed E-state index contributed by atoms with van der Waals surface area (Å²) in [5.41, 5.74) is 2.37. The summed E-state index contributed by atoms with van der Waals surface area (Å²) in [6.07, 6.45) is 1.52. The summed E-state index contributed by atoms with van der Waals surface area (Å²) in [5, 5.41) is 4.42. The standard InChI is InChI=1S/C13H10Cl2N2O2S/c14-9-1-3-10(4-2-9)19-8-13(18)17-16-7-11-5-6-12(15)20-11/h1-7H,8H2,(H,17,18)/b16-7+. The van der Waals surface area contributed by atoms with E-state index in [0.29, 0.717) is 15.1 Å². The first-order valence-corrected chi connectivity index (χ1v) is 7.16. The van der Waals surface area contributed by atoms with Gasteiger partial charge >= 0.3 is 0 Å². The van der Waals surface area contributed by atoms with Crippen LogP contribution in [0.25, 0.3) is 0 Å². The van der Waals surface area contributed by atoms with E-state index in [2.05, 4.69) is 10.5 Å². The molecule has 0 aliphatic carbocycles. The monoisotopic (exact) mass is 328 g/mol. The van der Waals surface area contributed by atoms with Crippen molar-refractivity contribution in [2.45, 2.75) is 0 Å². The van der Waals surface area contributed by atoms with Crippen LogP contribution in [0.15, 0.2) is 41.5 Å². The minimum Gasteiger partial charge on any atom is -0.484 e. The van der Waals surface area contributed by atoms with Crippen LogP contribution in [0.4, 0.5) is 0 Å². The molecule has 0 unspecified atom stereocenters. The van der Waals surface area contributed by atoms with E-state index in [4.69, 9.17) is 27.9 Å². The van der Waals surface area contributed by atoms with E-state index >= 15 is 0 Å². The highest BCUT2D eigenvalue weighted by Gasteiger charge is 2.01. The second-order valence-corrected chi connectivity index (χ2v) is 5.86. The van der Waals surface area contributed by atoms with E-state index in [9.17, 15) is 4.79 Å². The molecule has 4 nitrogen and oxygen atoms in total. The third-order valence-electron chi connectivity index (χ3n) is 2.16. The van der Waals surface area contributed by atoms with Crippen LogP contribution in [0.2, 0.25) is 9.36 Å². The molecular weight excluding hydrogens is 319 g/mol. The maximum atomic E-state index is 11.5. The molecule has 104 valence electrons. The molecule has 1 heterocycles. The third-order valence-corrected chi connectivity index (χ3v) is 3.58. The molecule has 2 rings (SSSR count). The zero-order valence-corrected chi connectivity index (χ0v) is 12.5. The SMILES string of the molecule is O=C(COc1ccc(Cl)cc1)N/N=C/c1ccc(Cl)s1. The van der Waals surface area contributed by atoms with Crippen molar-refractivity contribution in [2.24, 2.45) is 5.10 Å². The molecule has 0 bridgehead atoms. The van der Waals surface area contributed by atoms with E-state index in [1.54, 1.807) is 30.3 Å². The van der Waals surface area contributed by atoms with Gasteiger partial charge in [-0.15, -0.1) is 11.3 Å². The minimum absolute atomic E-state index is 0.121. The Morgan fingerprint density at radius 3 is 2.65 bits per heavy atom. The predicted molar refractivity (Wildman–Crippen MR) is 82.0 cm³/mol. The summed E-state index contributed by atoms with van der Waals surface area (Å²) in [6, 6.07) is 10.3. The van der Waals surface area contributed by atoms with Gasteiger partial charge < -0.3 is 4.74 Å². The fraction of sp³-hybridized carbons (Fsp3) is 0.0769. The Hall–Kier alpha value is -1.56. The molecule has 0 atom stereocenters. The number of hydrazone groups is 1. The summed E-state index contributed by atoms with van der Waals surface area (Å²) in [6.45, 7) is -0.121. The molecule has 0 aliphatic heterocycles. The average molecular weight is 329 g/mol. The smallest absolute Gasteiger partial charge is 0.277 e. The normalized spacial score (nSPS) is 10.7. The van der Waals surface area contributed by atoms with Gasteiger partial charge in [0.2, 0.25) is 0 Å². The van der Waals surface area contributed by atoms with Crippen LogP contribution in [0.3, 0.4) is 0 Å². The van der Waals surface area contributed by atoms with Crippen LogP contribution in [0, 0.1) is 0 Å². The zero-order valence-electron chi connectivity index (χ0n) is 10.2. The number of nitrogens with zero attached hydrogens (tertiary/aromatic N) is 1. The van der Waals surface area contributed by atoms with E-state index in [1.807, 2.05) is 6.07 Å². The number of amides is 1. The fourth-order valence-electron chi connectivity index (χ4n) is 1.28. The molecule has 20 heavy (non-hydrogen) atoms. The summed E-state index contributed by atoms with van der Waals surface area (Å²) in [4.78, 5) is 12.3. The zero-order chi connectivity index (χ0) is 14.4. The molecule has 0 saturated heterocycles. The highest BCUT2D eigenvalue weighted by molar-refractivity contribution is 7.17. The van der Waals surface area contributed by atoms with Crippen molar-refractivity contribution < 1.29 is 9.53 Å². The number of hydrogen-bond donors (Lipinski definition) is 1. The lowest BCUT2D eigenvalue weighted by molar-refractivity contribution is -0.123. The minimum atomic E-state index is -0.348. The topological polar surface area (TPSA) is 50.7 Å². The molecule has 2 aromatic rings. The van der Waals surface area contributed by atoms with Gasteiger partial charge in [0.25, 0.3) is 5.91 Å². The van der Waals surface area contributed by atoms with Crippen LogP contribution in [-0.4, -0.2) is 18.7 Å². The van der Waals surface area contributed by atoms with Gasteiger partial charge in [0.15, 0.2) is 6.61 Å². The Balaban J connectivity index is 1.75. The van der Waals surface area contributed by atoms with Gasteiger partial charge in [0, 0.05) is 9.90 Å². The van der Waals surface area contributed by atoms with Crippen LogP contribution in [-0.2, 0) is 4.79 Å². The van der Waals surface area contributed by atoms with Crippen molar-refractivity contribution in [3.63, 3.8) is 0 Å². The largest absolute Gasteiger partial charge is 0.484 e. The van der Waals surface area contributed by atoms with Crippen molar-refractivity contribution in [3.8, 4) is 5.75 Å².